The summed E-state index contributed by atoms with van der Waals surface area (Å²) in [6.45, 7) is 0. The molecule has 18 heavy (non-hydrogen) atoms. The summed E-state index contributed by atoms with van der Waals surface area (Å²) in [5, 5.41) is 28.2. The van der Waals surface area contributed by atoms with Crippen LogP contribution < -0.4 is 5.73 Å². The van der Waals surface area contributed by atoms with Crippen LogP contribution in [0, 0.1) is 5.82 Å². The predicted octanol–water partition coefficient (Wildman–Crippen LogP) is 1.13. The predicted molar refractivity (Wildman–Crippen MR) is 64.1 cm³/mol. The third-order valence-corrected chi connectivity index (χ3v) is 2.71. The number of halogens is 2. The second-order valence-corrected chi connectivity index (χ2v) is 4.13. The minimum absolute atomic E-state index is 0.0705. The van der Waals surface area contributed by atoms with E-state index in [2.05, 4.69) is 0 Å². The zero-order valence-corrected chi connectivity index (χ0v) is 10.1. The van der Waals surface area contributed by atoms with Crippen molar-refractivity contribution in [3.8, 4) is 0 Å². The van der Waals surface area contributed by atoms with Crippen LogP contribution in [0.5, 0.6) is 0 Å². The third-order valence-electron chi connectivity index (χ3n) is 2.50. The molecule has 2 atom stereocenters. The van der Waals surface area contributed by atoms with Crippen LogP contribution >= 0.6 is 11.6 Å². The summed E-state index contributed by atoms with van der Waals surface area (Å²) in [5.74, 6) is -2.17. The number of nitrogen functional groups attached to an aromatic ring is 1. The zero-order valence-electron chi connectivity index (χ0n) is 9.31. The van der Waals surface area contributed by atoms with Gasteiger partial charge in [-0.05, 0) is 18.6 Å². The lowest BCUT2D eigenvalue weighted by atomic mass is 9.98. The van der Waals surface area contributed by atoms with Crippen LogP contribution in [0.1, 0.15) is 28.4 Å². The molecular formula is C11H13ClFNO4. The minimum atomic E-state index is -1.49. The minimum Gasteiger partial charge on any atom is -0.478 e. The molecule has 1 aromatic carbocycles. The maximum Gasteiger partial charge on any atom is 0.337 e. The molecule has 0 aromatic heterocycles. The van der Waals surface area contributed by atoms with Crippen molar-refractivity contribution in [3.05, 3.63) is 29.1 Å². The fourth-order valence-electron chi connectivity index (χ4n) is 1.54. The van der Waals surface area contributed by atoms with E-state index >= 15 is 0 Å². The monoisotopic (exact) mass is 277 g/mol. The Hall–Kier alpha value is -1.37. The molecule has 5 nitrogen and oxygen atoms in total. The number of carboxylic acid groups (broad SMARTS) is 1. The quantitative estimate of drug-likeness (QED) is 0.477. The van der Waals surface area contributed by atoms with Crippen molar-refractivity contribution >= 4 is 23.3 Å². The molecule has 2 unspecified atom stereocenters. The van der Waals surface area contributed by atoms with Gasteiger partial charge in [0.2, 0.25) is 0 Å². The van der Waals surface area contributed by atoms with Crippen LogP contribution in [-0.2, 0) is 0 Å². The fourth-order valence-corrected chi connectivity index (χ4v) is 1.76. The summed E-state index contributed by atoms with van der Waals surface area (Å²) in [6.07, 6.45) is -2.66. The Morgan fingerprint density at radius 3 is 2.56 bits per heavy atom. The molecule has 7 heteroatoms. The summed E-state index contributed by atoms with van der Waals surface area (Å²) >= 11 is 5.41. The average Bonchev–Trinajstić information content (AvgIpc) is 2.30. The summed E-state index contributed by atoms with van der Waals surface area (Å²) < 4.78 is 13.2. The Kier molecular flexibility index (Phi) is 4.89. The SMILES string of the molecule is Nc1c(C(=O)O)cc(F)cc1C(O)C(O)CCCl. The van der Waals surface area contributed by atoms with Crippen molar-refractivity contribution in [2.75, 3.05) is 11.6 Å². The fraction of sp³-hybridized carbons (Fsp3) is 0.364. The average molecular weight is 278 g/mol. The standard InChI is InChI=1S/C11H13ClFNO4/c12-2-1-8(15)10(16)6-3-5(13)4-7(9(6)14)11(17)18/h3-4,8,10,15-16H,1-2,14H2,(H,17,18). The van der Waals surface area contributed by atoms with E-state index in [1.54, 1.807) is 0 Å². The van der Waals surface area contributed by atoms with E-state index < -0.39 is 29.6 Å². The Balaban J connectivity index is 3.19. The van der Waals surface area contributed by atoms with Gasteiger partial charge in [0.25, 0.3) is 0 Å². The number of rotatable bonds is 5. The van der Waals surface area contributed by atoms with Gasteiger partial charge >= 0.3 is 5.97 Å². The number of aliphatic hydroxyl groups excluding tert-OH is 2. The first-order valence-electron chi connectivity index (χ1n) is 5.12. The molecule has 5 N–H and O–H groups in total. The highest BCUT2D eigenvalue weighted by atomic mass is 35.5. The number of benzene rings is 1. The summed E-state index contributed by atoms with van der Waals surface area (Å²) in [4.78, 5) is 10.8. The van der Waals surface area contributed by atoms with Crippen LogP contribution in [0.25, 0.3) is 0 Å². The largest absolute Gasteiger partial charge is 0.478 e. The Bertz CT molecular complexity index is 455. The number of aliphatic hydroxyl groups is 2. The maximum absolute atomic E-state index is 13.2. The zero-order chi connectivity index (χ0) is 13.9. The van der Waals surface area contributed by atoms with E-state index in [-0.39, 0.29) is 23.6 Å². The highest BCUT2D eigenvalue weighted by Crippen LogP contribution is 2.28. The van der Waals surface area contributed by atoms with Crippen molar-refractivity contribution in [2.24, 2.45) is 0 Å². The van der Waals surface area contributed by atoms with Crippen LogP contribution in [0.15, 0.2) is 12.1 Å². The van der Waals surface area contributed by atoms with Gasteiger partial charge in [-0.1, -0.05) is 0 Å². The van der Waals surface area contributed by atoms with Gasteiger partial charge in [-0.3, -0.25) is 0 Å². The molecule has 1 aromatic rings. The summed E-state index contributed by atoms with van der Waals surface area (Å²) in [7, 11) is 0. The second kappa shape index (κ2) is 5.99. The lowest BCUT2D eigenvalue weighted by Crippen LogP contribution is -2.21. The third kappa shape index (κ3) is 3.10. The van der Waals surface area contributed by atoms with E-state index in [9.17, 15) is 19.4 Å². The number of aromatic carboxylic acids is 1. The second-order valence-electron chi connectivity index (χ2n) is 3.75. The number of hydrogen-bond donors (Lipinski definition) is 4. The molecule has 1 rings (SSSR count). The molecule has 0 radical (unpaired) electrons. The molecule has 0 fully saturated rings. The lowest BCUT2D eigenvalue weighted by Gasteiger charge is -2.19. The van der Waals surface area contributed by atoms with Gasteiger partial charge in [-0.15, -0.1) is 11.6 Å². The molecule has 0 spiro atoms. The number of alkyl halides is 1. The highest BCUT2D eigenvalue weighted by molar-refractivity contribution is 6.17. The number of carboxylic acids is 1. The van der Waals surface area contributed by atoms with E-state index in [0.29, 0.717) is 0 Å². The van der Waals surface area contributed by atoms with Gasteiger partial charge in [-0.25, -0.2) is 9.18 Å². The van der Waals surface area contributed by atoms with Gasteiger partial charge in [-0.2, -0.15) is 0 Å². The van der Waals surface area contributed by atoms with Crippen molar-refractivity contribution < 1.29 is 24.5 Å². The van der Waals surface area contributed by atoms with Crippen molar-refractivity contribution in [1.29, 1.82) is 0 Å². The van der Waals surface area contributed by atoms with Gasteiger partial charge in [0.05, 0.1) is 17.4 Å². The molecular weight excluding hydrogens is 265 g/mol. The smallest absolute Gasteiger partial charge is 0.337 e. The molecule has 0 aliphatic carbocycles. The van der Waals surface area contributed by atoms with Crippen LogP contribution in [0.3, 0.4) is 0 Å². The van der Waals surface area contributed by atoms with Gasteiger partial charge < -0.3 is 21.1 Å². The molecule has 0 bridgehead atoms. The number of nitrogens with two attached hydrogens (primary N) is 1. The highest BCUT2D eigenvalue weighted by Gasteiger charge is 2.24. The van der Waals surface area contributed by atoms with Crippen LogP contribution in [-0.4, -0.2) is 33.3 Å². The van der Waals surface area contributed by atoms with E-state index in [1.165, 1.54) is 0 Å². The molecule has 0 aliphatic rings. The Morgan fingerprint density at radius 2 is 2.06 bits per heavy atom. The topological polar surface area (TPSA) is 104 Å². The van der Waals surface area contributed by atoms with Gasteiger partial charge in [0.15, 0.2) is 0 Å². The number of anilines is 1. The molecule has 0 saturated carbocycles. The molecule has 100 valence electrons. The summed E-state index contributed by atoms with van der Waals surface area (Å²) in [5.41, 5.74) is 4.64. The van der Waals surface area contributed by atoms with Crippen LogP contribution in [0.4, 0.5) is 10.1 Å². The molecule has 0 heterocycles. The Labute approximate surface area is 108 Å². The van der Waals surface area contributed by atoms with Crippen molar-refractivity contribution in [1.82, 2.24) is 0 Å². The van der Waals surface area contributed by atoms with Crippen molar-refractivity contribution in [3.63, 3.8) is 0 Å². The van der Waals surface area contributed by atoms with E-state index in [1.807, 2.05) is 0 Å². The molecule has 0 aliphatic heterocycles. The van der Waals surface area contributed by atoms with Gasteiger partial charge in [0, 0.05) is 11.4 Å². The van der Waals surface area contributed by atoms with Crippen LogP contribution in [0.2, 0.25) is 0 Å². The summed E-state index contributed by atoms with van der Waals surface area (Å²) in [6, 6.07) is 1.64. The Morgan fingerprint density at radius 1 is 1.44 bits per heavy atom. The normalized spacial score (nSPS) is 14.2. The first-order valence-corrected chi connectivity index (χ1v) is 5.66. The first kappa shape index (κ1) is 14.7. The maximum atomic E-state index is 13.2. The number of hydrogen-bond acceptors (Lipinski definition) is 4. The molecule has 0 amide bonds. The number of carbonyl (C=O) groups is 1. The van der Waals surface area contributed by atoms with E-state index in [4.69, 9.17) is 22.4 Å². The van der Waals surface area contributed by atoms with E-state index in [0.717, 1.165) is 12.1 Å². The first-order chi connectivity index (χ1) is 8.38. The molecule has 0 saturated heterocycles. The lowest BCUT2D eigenvalue weighted by molar-refractivity contribution is 0.0172. The van der Waals surface area contributed by atoms with Crippen molar-refractivity contribution in [2.45, 2.75) is 18.6 Å². The van der Waals surface area contributed by atoms with Gasteiger partial charge in [0.1, 0.15) is 11.9 Å².